The van der Waals surface area contributed by atoms with E-state index in [2.05, 4.69) is 26.6 Å². The van der Waals surface area contributed by atoms with Gasteiger partial charge in [0.2, 0.25) is 36.0 Å². The highest BCUT2D eigenvalue weighted by Gasteiger charge is 2.39. The Kier molecular flexibility index (Phi) is 53.8. The van der Waals surface area contributed by atoms with Crippen molar-refractivity contribution in [3.8, 4) is 0 Å². The summed E-state index contributed by atoms with van der Waals surface area (Å²) in [6, 6.07) is 43.3. The van der Waals surface area contributed by atoms with Crippen molar-refractivity contribution >= 4 is 71.3 Å². The summed E-state index contributed by atoms with van der Waals surface area (Å²) < 4.78 is 173. The zero-order valence-electron chi connectivity index (χ0n) is 80.6. The lowest BCUT2D eigenvalue weighted by Gasteiger charge is -2.34. The Morgan fingerprint density at radius 2 is 0.725 bits per heavy atom. The van der Waals surface area contributed by atoms with Gasteiger partial charge in [-0.3, -0.25) is 4.79 Å². The number of ether oxygens (including phenoxy) is 16. The summed E-state index contributed by atoms with van der Waals surface area (Å²) in [4.78, 5) is 50.9. The van der Waals surface area contributed by atoms with Gasteiger partial charge in [0.1, 0.15) is 31.1 Å². The Balaban J connectivity index is 0.000000290. The van der Waals surface area contributed by atoms with E-state index in [4.69, 9.17) is 81.5 Å². The fourth-order valence-corrected chi connectivity index (χ4v) is 19.1. The molecule has 0 spiro atoms. The first-order valence-electron chi connectivity index (χ1n) is 46.4. The number of nitrogens with one attached hydrogen (secondary N) is 5. The maximum Gasteiger partial charge on any atom is 0.407 e. The summed E-state index contributed by atoms with van der Waals surface area (Å²) in [6.45, 7) is 17.3. The molecule has 6 aromatic carbocycles. The van der Waals surface area contributed by atoms with Crippen molar-refractivity contribution in [1.82, 2.24) is 28.9 Å². The van der Waals surface area contributed by atoms with Crippen LogP contribution in [0.1, 0.15) is 77.5 Å². The number of amides is 4. The lowest BCUT2D eigenvalue weighted by atomic mass is 10.0. The highest BCUT2D eigenvalue weighted by Crippen LogP contribution is 2.28. The molecule has 4 amide bonds. The number of methoxy groups -OCH3 is 3. The number of rotatable bonds is 62. The van der Waals surface area contributed by atoms with Gasteiger partial charge < -0.3 is 129 Å². The number of aliphatic hydroxyl groups is 4. The van der Waals surface area contributed by atoms with Crippen molar-refractivity contribution in [1.29, 1.82) is 0 Å². The molecule has 42 heteroatoms. The predicted octanol–water partition coefficient (Wildman–Crippen LogP) is 7.09. The summed E-state index contributed by atoms with van der Waals surface area (Å²) in [5, 5.41) is 58.0. The molecule has 0 aliphatic carbocycles. The SMILES string of the molecule is CC(C)CN(C[C@@H](O)[C@H](Cc1ccccc1)NC(=O)O[C@H]1CCOC1)S(=O)(=O)c1ccc(N)cc1.COCCOCCOCC(=O)Nc1ccc(S(=O)(=O)N(CC(C)C)C[C@@H](O)[C@H](Cc2ccccc2)NC(=O)O[C@H]2CCOC2)cc1.COCCOCCOC[C@@H](O)Nc1ccc(S(=O)(=O)N(CC(C)C)C[C@@H](O[C@H](O)COCCOCCOC)[C@H](Cc2ccccc2)NC(=O)O[C@H]2CCOC2)cc1. The first-order chi connectivity index (χ1) is 66.2. The fraction of sp³-hybridized carbons (Fsp3) is 0.583. The van der Waals surface area contributed by atoms with E-state index >= 15 is 0 Å². The monoisotopic (exact) mass is 2000 g/mol. The molecule has 3 saturated heterocycles. The van der Waals surface area contributed by atoms with Gasteiger partial charge in [-0.1, -0.05) is 133 Å². The Morgan fingerprint density at radius 3 is 1.09 bits per heavy atom. The van der Waals surface area contributed by atoms with Crippen LogP contribution in [-0.2, 0) is 130 Å². The summed E-state index contributed by atoms with van der Waals surface area (Å²) >= 11 is 0. The zero-order valence-corrected chi connectivity index (χ0v) is 83.0. The molecule has 3 aliphatic rings. The number of aliphatic hydroxyl groups excluding tert-OH is 4. The van der Waals surface area contributed by atoms with Gasteiger partial charge in [0.25, 0.3) is 0 Å². The van der Waals surface area contributed by atoms with E-state index < -0.39 is 109 Å². The van der Waals surface area contributed by atoms with Crippen molar-refractivity contribution in [2.75, 3.05) is 216 Å². The number of nitrogen functional groups attached to an aromatic ring is 1. The molecule has 3 fully saturated rings. The molecule has 6 aromatic rings. The minimum atomic E-state index is -4.17. The number of carbonyl (C=O) groups is 4. The second kappa shape index (κ2) is 63.9. The zero-order chi connectivity index (χ0) is 100. The molecule has 0 saturated carbocycles. The molecular formula is C96H145N9O30S3. The van der Waals surface area contributed by atoms with Gasteiger partial charge >= 0.3 is 18.3 Å². The topological polar surface area (TPSA) is 495 Å². The number of carbonyl (C=O) groups excluding carboxylic acids is 4. The van der Waals surface area contributed by atoms with Crippen LogP contribution >= 0.6 is 0 Å². The third-order valence-corrected chi connectivity index (χ3v) is 26.7. The van der Waals surface area contributed by atoms with Crippen LogP contribution < -0.4 is 32.3 Å². The normalized spacial score (nSPS) is 16.9. The number of hydrogen-bond donors (Lipinski definition) is 10. The van der Waals surface area contributed by atoms with E-state index in [1.54, 1.807) is 33.5 Å². The number of nitrogens with zero attached hydrogens (tertiary/aromatic N) is 3. The first-order valence-corrected chi connectivity index (χ1v) is 50.8. The van der Waals surface area contributed by atoms with Crippen LogP contribution in [0.2, 0.25) is 0 Å². The van der Waals surface area contributed by atoms with E-state index in [0.717, 1.165) is 16.7 Å². The van der Waals surface area contributed by atoms with E-state index in [-0.39, 0.29) is 150 Å². The van der Waals surface area contributed by atoms with Crippen LogP contribution in [0.4, 0.5) is 31.4 Å². The number of hydrogen-bond acceptors (Lipinski definition) is 32. The molecule has 11 atom stereocenters. The smallest absolute Gasteiger partial charge is 0.407 e. The van der Waals surface area contributed by atoms with Gasteiger partial charge in [-0.05, 0) is 127 Å². The maximum absolute atomic E-state index is 14.4. The summed E-state index contributed by atoms with van der Waals surface area (Å²) in [5.74, 6) is -0.550. The highest BCUT2D eigenvalue weighted by molar-refractivity contribution is 7.89. The summed E-state index contributed by atoms with van der Waals surface area (Å²) in [6.07, 6.45) is -6.77. The Bertz CT molecular complexity index is 4710. The van der Waals surface area contributed by atoms with Crippen LogP contribution in [0.25, 0.3) is 0 Å². The van der Waals surface area contributed by atoms with E-state index in [9.17, 15) is 64.9 Å². The highest BCUT2D eigenvalue weighted by atomic mass is 32.2. The quantitative estimate of drug-likeness (QED) is 0.00787. The molecule has 0 bridgehead atoms. The van der Waals surface area contributed by atoms with Crippen molar-refractivity contribution in [2.45, 2.75) is 162 Å². The maximum atomic E-state index is 14.4. The van der Waals surface area contributed by atoms with Gasteiger partial charge in [0.05, 0.1) is 183 Å². The van der Waals surface area contributed by atoms with E-state index in [1.165, 1.54) is 73.6 Å². The fourth-order valence-electron chi connectivity index (χ4n) is 14.3. The third kappa shape index (κ3) is 44.6. The molecule has 0 aromatic heterocycles. The molecule has 0 unspecified atom stereocenters. The molecule has 3 heterocycles. The number of alkyl carbamates (subject to hydrolysis) is 3. The van der Waals surface area contributed by atoms with Crippen molar-refractivity contribution < 1.29 is 141 Å². The lowest BCUT2D eigenvalue weighted by molar-refractivity contribution is -0.176. The van der Waals surface area contributed by atoms with Gasteiger partial charge in [-0.25, -0.2) is 39.6 Å². The molecule has 138 heavy (non-hydrogen) atoms. The number of sulfonamides is 3. The molecule has 39 nitrogen and oxygen atoms in total. The van der Waals surface area contributed by atoms with Crippen LogP contribution in [0, 0.1) is 17.8 Å². The molecule has 0 radical (unpaired) electrons. The van der Waals surface area contributed by atoms with Crippen molar-refractivity contribution in [3.63, 3.8) is 0 Å². The molecule has 772 valence electrons. The Morgan fingerprint density at radius 1 is 0.399 bits per heavy atom. The summed E-state index contributed by atoms with van der Waals surface area (Å²) in [5.41, 5.74) is 9.63. The van der Waals surface area contributed by atoms with Crippen LogP contribution in [0.5, 0.6) is 0 Å². The average Bonchev–Trinajstić information content (AvgIpc) is 0.964. The molecule has 11 N–H and O–H groups in total. The standard InChI is InChI=1S/C39H63N3O14S.C32H47N3O10S.C25H35N3O6S/c1-30(2)25-42(57(46,47)34-12-10-32(11-13-34)40-37(43)28-53-22-20-50-18-16-48-3)26-36(56-38(44)29-54-23-21-51-19-17-49-4)35(24-31-8-6-5-7-9-31)41-39(45)55-33-14-15-52-27-33;1-24(2)20-35(21-30(36)29(19-25-7-5-4-6-8-25)34-32(38)45-27-13-14-43-22-27)46(39,40)28-11-9-26(10-12-28)33-31(37)23-44-18-17-42-16-15-41-3;1-18(2)15-28(35(31,32)22-10-8-20(26)9-11-22)16-24(29)23(14-19-6-4-3-5-7-19)27-25(30)34-21-12-13-33-17-21/h5-13,30,33,35-38,40,43-44H,14-29H2,1-4H3,(H,41,45);4-12,24,27,29-30,36H,13-23H2,1-3H3,(H,33,37)(H,34,38);3-11,18,21,23-24,29H,12-17,26H2,1-2H3,(H,27,30)/t33-,35-,36+,37+,38-;27-,29-,30+;21-,23-,24+/m000/s1. The van der Waals surface area contributed by atoms with E-state index in [1.807, 2.05) is 133 Å². The molecule has 3 aliphatic heterocycles. The van der Waals surface area contributed by atoms with Gasteiger partial charge in [-0.2, -0.15) is 12.9 Å². The van der Waals surface area contributed by atoms with E-state index in [0.29, 0.717) is 129 Å². The second-order valence-electron chi connectivity index (χ2n) is 34.2. The lowest BCUT2D eigenvalue weighted by Crippen LogP contribution is -2.54. The number of benzene rings is 6. The predicted molar refractivity (Wildman–Crippen MR) is 515 cm³/mol. The Hall–Kier alpha value is -8.75. The average molecular weight is 2000 g/mol. The van der Waals surface area contributed by atoms with Crippen LogP contribution in [0.15, 0.2) is 178 Å². The number of nitrogens with two attached hydrogens (primary N) is 1. The number of anilines is 3. The third-order valence-electron chi connectivity index (χ3n) is 21.2. The second-order valence-corrected chi connectivity index (χ2v) is 40.1. The van der Waals surface area contributed by atoms with Gasteiger partial charge in [0.15, 0.2) is 6.29 Å². The van der Waals surface area contributed by atoms with Crippen LogP contribution in [0.3, 0.4) is 0 Å². The summed E-state index contributed by atoms with van der Waals surface area (Å²) in [7, 11) is -7.40. The largest absolute Gasteiger partial charge is 0.444 e. The van der Waals surface area contributed by atoms with Crippen molar-refractivity contribution in [2.24, 2.45) is 17.8 Å². The van der Waals surface area contributed by atoms with Crippen molar-refractivity contribution in [3.05, 3.63) is 180 Å². The minimum Gasteiger partial charge on any atom is -0.444 e. The minimum absolute atomic E-state index is 0.00281. The van der Waals surface area contributed by atoms with Gasteiger partial charge in [-0.15, -0.1) is 0 Å². The molecule has 9 rings (SSSR count). The Labute approximate surface area is 812 Å². The van der Waals surface area contributed by atoms with Crippen LogP contribution in [-0.4, -0.2) is 349 Å². The molecular weight excluding hydrogens is 1860 g/mol. The first kappa shape index (κ1) is 116. The van der Waals surface area contributed by atoms with Gasteiger partial charge in [0, 0.05) is 96.9 Å².